The molecule has 0 radical (unpaired) electrons. The number of amides is 2. The molecular weight excluding hydrogens is 705 g/mol. The molecular formula is C38H31BF6N2O6. The molecule has 4 atom stereocenters. The van der Waals surface area contributed by atoms with Crippen LogP contribution >= 0.6 is 0 Å². The summed E-state index contributed by atoms with van der Waals surface area (Å²) in [5, 5.41) is 33.3. The van der Waals surface area contributed by atoms with Crippen LogP contribution in [-0.4, -0.2) is 51.9 Å². The highest BCUT2D eigenvalue weighted by molar-refractivity contribution is 6.43. The van der Waals surface area contributed by atoms with Gasteiger partial charge >= 0.3 is 19.5 Å². The van der Waals surface area contributed by atoms with Gasteiger partial charge in [-0.3, -0.25) is 14.6 Å². The van der Waals surface area contributed by atoms with Gasteiger partial charge in [-0.15, -0.1) is 0 Å². The van der Waals surface area contributed by atoms with E-state index in [1.807, 2.05) is 30.3 Å². The molecule has 2 amide bonds. The molecule has 2 fully saturated rings. The molecule has 4 aromatic rings. The van der Waals surface area contributed by atoms with Crippen molar-refractivity contribution in [2.45, 2.75) is 44.0 Å². The maximum Gasteiger partial charge on any atom is 0.455 e. The molecule has 274 valence electrons. The molecule has 3 N–H and O–H groups in total. The van der Waals surface area contributed by atoms with Crippen molar-refractivity contribution in [3.05, 3.63) is 113 Å². The van der Waals surface area contributed by atoms with Gasteiger partial charge in [-0.05, 0) is 102 Å². The third kappa shape index (κ3) is 6.84. The van der Waals surface area contributed by atoms with E-state index in [1.54, 1.807) is 36.5 Å². The number of nitrogens with zero attached hydrogens (tertiary/aromatic N) is 2. The van der Waals surface area contributed by atoms with Crippen LogP contribution in [-0.2, 0) is 26.6 Å². The van der Waals surface area contributed by atoms with E-state index in [1.165, 1.54) is 0 Å². The van der Waals surface area contributed by atoms with Crippen molar-refractivity contribution in [3.63, 3.8) is 0 Å². The second kappa shape index (κ2) is 13.8. The van der Waals surface area contributed by atoms with Crippen LogP contribution in [0, 0.1) is 17.8 Å². The Bertz CT molecular complexity index is 2120. The number of aliphatic hydroxyl groups excluding tert-OH is 1. The monoisotopic (exact) mass is 736 g/mol. The first-order valence-electron chi connectivity index (χ1n) is 16.8. The third-order valence-corrected chi connectivity index (χ3v) is 10.3. The van der Waals surface area contributed by atoms with Crippen LogP contribution in [0.3, 0.4) is 0 Å². The summed E-state index contributed by atoms with van der Waals surface area (Å²) in [5.41, 5.74) is -1.22. The van der Waals surface area contributed by atoms with Gasteiger partial charge in [0.1, 0.15) is 5.75 Å². The quantitative estimate of drug-likeness (QED) is 0.0789. The number of imide groups is 1. The Kier molecular flexibility index (Phi) is 9.45. The van der Waals surface area contributed by atoms with Crippen molar-refractivity contribution in [1.82, 2.24) is 4.98 Å². The van der Waals surface area contributed by atoms with E-state index in [4.69, 9.17) is 4.65 Å². The number of halogens is 6. The lowest BCUT2D eigenvalue weighted by Crippen LogP contribution is -2.46. The number of aromatic hydroxyl groups is 1. The highest BCUT2D eigenvalue weighted by atomic mass is 19.4. The summed E-state index contributed by atoms with van der Waals surface area (Å²) in [4.78, 5) is 32.7. The summed E-state index contributed by atoms with van der Waals surface area (Å²) >= 11 is 0. The van der Waals surface area contributed by atoms with Gasteiger partial charge in [0.25, 0.3) is 0 Å². The molecule has 15 heteroatoms. The van der Waals surface area contributed by atoms with Crippen molar-refractivity contribution < 1.29 is 55.8 Å². The standard InChI is InChI=1S/C38H31BF6N2O6/c40-37(41,42)23-15-24(38(43,44)45)17-25(16-23)47-35(50)28-14-22(19-48)33-29(34(28)36(47)51)18-39(52)53-32(33)11-9-21(30-7-3-4-12-46-30)13-20-8-10-31(49)27-6-2-1-5-26(20)27/h1-8,10,12-13,15-17,28-29,32,34,48-49,52H,9,11,14,18-19H2/b21-13-/t28-,29+,32-,34-/m1/s1. The number of allylic oxidation sites excluding steroid dienone is 1. The molecule has 3 heterocycles. The van der Waals surface area contributed by atoms with Gasteiger partial charge in [0.15, 0.2) is 0 Å². The number of alkyl halides is 6. The zero-order chi connectivity index (χ0) is 37.8. The molecule has 0 unspecified atom stereocenters. The minimum Gasteiger partial charge on any atom is -0.507 e. The molecule has 0 spiro atoms. The molecule has 53 heavy (non-hydrogen) atoms. The van der Waals surface area contributed by atoms with Gasteiger partial charge in [-0.1, -0.05) is 36.4 Å². The van der Waals surface area contributed by atoms with Crippen LogP contribution < -0.4 is 4.90 Å². The number of phenolic OH excluding ortho intramolecular Hbond substituents is 1. The first-order chi connectivity index (χ1) is 25.2. The molecule has 2 aliphatic heterocycles. The Morgan fingerprint density at radius 2 is 1.58 bits per heavy atom. The Hall–Kier alpha value is -4.99. The fourth-order valence-electron chi connectivity index (χ4n) is 7.97. The molecule has 1 aromatic heterocycles. The van der Waals surface area contributed by atoms with Crippen LogP contribution in [0.1, 0.15) is 41.6 Å². The zero-order valence-corrected chi connectivity index (χ0v) is 27.7. The molecule has 0 saturated carbocycles. The Balaban J connectivity index is 1.23. The van der Waals surface area contributed by atoms with Crippen LogP contribution in [0.15, 0.2) is 90.1 Å². The predicted molar refractivity (Wildman–Crippen MR) is 183 cm³/mol. The lowest BCUT2D eigenvalue weighted by Gasteiger charge is -2.43. The maximum atomic E-state index is 14.0. The van der Waals surface area contributed by atoms with E-state index in [0.717, 1.165) is 16.5 Å². The topological polar surface area (TPSA) is 120 Å². The minimum absolute atomic E-state index is 0.0810. The number of aliphatic hydroxyl groups is 1. The summed E-state index contributed by atoms with van der Waals surface area (Å²) in [6.07, 6.45) is -7.61. The fraction of sp³-hybridized carbons (Fsp3) is 0.289. The number of aromatic nitrogens is 1. The zero-order valence-electron chi connectivity index (χ0n) is 27.7. The number of carbonyl (C=O) groups is 2. The number of pyridine rings is 1. The average Bonchev–Trinajstić information content (AvgIpc) is 3.38. The van der Waals surface area contributed by atoms with Gasteiger partial charge in [0.2, 0.25) is 11.8 Å². The Morgan fingerprint density at radius 1 is 0.906 bits per heavy atom. The van der Waals surface area contributed by atoms with Crippen molar-refractivity contribution in [2.75, 3.05) is 11.5 Å². The average molecular weight is 736 g/mol. The van der Waals surface area contributed by atoms with Crippen molar-refractivity contribution >= 4 is 47.0 Å². The van der Waals surface area contributed by atoms with E-state index in [9.17, 15) is 51.2 Å². The molecule has 1 aliphatic carbocycles. The number of phenols is 1. The van der Waals surface area contributed by atoms with Crippen molar-refractivity contribution in [1.29, 1.82) is 0 Å². The minimum atomic E-state index is -5.20. The van der Waals surface area contributed by atoms with E-state index < -0.39 is 78.6 Å². The smallest absolute Gasteiger partial charge is 0.455 e. The predicted octanol–water partition coefficient (Wildman–Crippen LogP) is 7.29. The molecule has 0 bridgehead atoms. The summed E-state index contributed by atoms with van der Waals surface area (Å²) in [6.45, 7) is -0.559. The number of rotatable bonds is 7. The molecule has 3 aliphatic rings. The number of anilines is 1. The lowest BCUT2D eigenvalue weighted by atomic mass is 9.58. The second-order valence-electron chi connectivity index (χ2n) is 13.4. The van der Waals surface area contributed by atoms with Gasteiger partial charge in [0.05, 0.1) is 47.1 Å². The molecule has 2 saturated heterocycles. The highest BCUT2D eigenvalue weighted by Crippen LogP contribution is 2.52. The van der Waals surface area contributed by atoms with E-state index in [0.29, 0.717) is 45.7 Å². The first kappa shape index (κ1) is 36.4. The largest absolute Gasteiger partial charge is 0.507 e. The summed E-state index contributed by atoms with van der Waals surface area (Å²) in [5.74, 6) is -5.20. The highest BCUT2D eigenvalue weighted by Gasteiger charge is 2.58. The molecule has 3 aromatic carbocycles. The first-order valence-corrected chi connectivity index (χ1v) is 16.8. The number of hydrogen-bond acceptors (Lipinski definition) is 7. The Morgan fingerprint density at radius 3 is 2.23 bits per heavy atom. The molecule has 7 rings (SSSR count). The number of fused-ring (bicyclic) bond motifs is 4. The number of hydrogen-bond donors (Lipinski definition) is 3. The number of carbonyl (C=O) groups excluding carboxylic acids is 2. The van der Waals surface area contributed by atoms with E-state index >= 15 is 0 Å². The van der Waals surface area contributed by atoms with Crippen LogP contribution in [0.5, 0.6) is 5.75 Å². The fourth-order valence-corrected chi connectivity index (χ4v) is 7.97. The Labute approximate surface area is 299 Å². The number of benzene rings is 3. The van der Waals surface area contributed by atoms with Gasteiger partial charge in [0, 0.05) is 11.6 Å². The van der Waals surface area contributed by atoms with Crippen molar-refractivity contribution in [3.8, 4) is 5.75 Å². The third-order valence-electron chi connectivity index (χ3n) is 10.3. The lowest BCUT2D eigenvalue weighted by molar-refractivity contribution is -0.143. The molecule has 8 nitrogen and oxygen atoms in total. The second-order valence-corrected chi connectivity index (χ2v) is 13.4. The summed E-state index contributed by atoms with van der Waals surface area (Å²) in [7, 11) is -1.43. The van der Waals surface area contributed by atoms with Crippen LogP contribution in [0.4, 0.5) is 32.0 Å². The van der Waals surface area contributed by atoms with Crippen molar-refractivity contribution in [2.24, 2.45) is 17.8 Å². The van der Waals surface area contributed by atoms with Gasteiger partial charge in [-0.2, -0.15) is 26.3 Å². The van der Waals surface area contributed by atoms with Gasteiger partial charge < -0.3 is 19.9 Å². The summed E-state index contributed by atoms with van der Waals surface area (Å²) in [6, 6.07) is 16.6. The normalized spacial score (nSPS) is 22.5. The van der Waals surface area contributed by atoms with Crippen LogP contribution in [0.25, 0.3) is 22.4 Å². The van der Waals surface area contributed by atoms with Crippen LogP contribution in [0.2, 0.25) is 6.32 Å². The SMILES string of the molecule is O=C1[C@@H]2[C@@H](CC(CO)=C3[C@@H](CC/C(=C/c4ccc(O)c5ccccc45)c4ccccn4)OB(O)C[C@@H]32)C(=O)N1c1cc(C(F)(F)F)cc(C(F)(F)F)c1. The summed E-state index contributed by atoms with van der Waals surface area (Å²) < 4.78 is 88.3. The van der Waals surface area contributed by atoms with Gasteiger partial charge in [-0.25, -0.2) is 4.90 Å². The van der Waals surface area contributed by atoms with E-state index in [2.05, 4.69) is 4.98 Å². The van der Waals surface area contributed by atoms with E-state index in [-0.39, 0.29) is 31.0 Å². The maximum absolute atomic E-state index is 14.0.